The number of rotatable bonds is 3. The van der Waals surface area contributed by atoms with E-state index >= 15 is 0 Å². The molecule has 0 aliphatic carbocycles. The molecule has 1 aromatic carbocycles. The van der Waals surface area contributed by atoms with Gasteiger partial charge >= 0.3 is 0 Å². The van der Waals surface area contributed by atoms with Crippen molar-refractivity contribution in [1.82, 2.24) is 4.57 Å². The molecule has 1 heterocycles. The molecular formula is C12H16N2O. The van der Waals surface area contributed by atoms with Gasteiger partial charge in [0.05, 0.1) is 5.52 Å². The van der Waals surface area contributed by atoms with Gasteiger partial charge in [-0.3, -0.25) is 0 Å². The fraction of sp³-hybridized carbons (Fsp3) is 0.333. The smallest absolute Gasteiger partial charge is 0.117 e. The number of fused-ring (bicyclic) bond motifs is 1. The molecule has 0 bridgehead atoms. The topological polar surface area (TPSA) is 51.2 Å². The highest BCUT2D eigenvalue weighted by Crippen LogP contribution is 2.21. The number of aromatic nitrogens is 1. The van der Waals surface area contributed by atoms with Crippen molar-refractivity contribution in [3.8, 4) is 5.75 Å². The van der Waals surface area contributed by atoms with E-state index < -0.39 is 0 Å². The Morgan fingerprint density at radius 1 is 1.40 bits per heavy atom. The summed E-state index contributed by atoms with van der Waals surface area (Å²) >= 11 is 0. The molecule has 0 amide bonds. The zero-order chi connectivity index (χ0) is 10.8. The van der Waals surface area contributed by atoms with Crippen LogP contribution in [0, 0.1) is 5.92 Å². The van der Waals surface area contributed by atoms with Crippen LogP contribution in [0.25, 0.3) is 10.9 Å². The molecule has 2 rings (SSSR count). The molecule has 1 atom stereocenters. The molecular weight excluding hydrogens is 188 g/mol. The van der Waals surface area contributed by atoms with E-state index in [1.54, 1.807) is 12.1 Å². The lowest BCUT2D eigenvalue weighted by molar-refractivity contribution is 0.474. The maximum Gasteiger partial charge on any atom is 0.117 e. The first-order valence-electron chi connectivity index (χ1n) is 5.18. The van der Waals surface area contributed by atoms with Crippen LogP contribution in [0.4, 0.5) is 0 Å². The van der Waals surface area contributed by atoms with Gasteiger partial charge in [0.2, 0.25) is 0 Å². The Hall–Kier alpha value is -1.48. The summed E-state index contributed by atoms with van der Waals surface area (Å²) in [6.07, 6.45) is 2.04. The van der Waals surface area contributed by atoms with Crippen molar-refractivity contribution in [3.63, 3.8) is 0 Å². The first-order chi connectivity index (χ1) is 7.20. The lowest BCUT2D eigenvalue weighted by Gasteiger charge is -2.10. The van der Waals surface area contributed by atoms with Crippen molar-refractivity contribution < 1.29 is 5.11 Å². The maximum atomic E-state index is 9.43. The summed E-state index contributed by atoms with van der Waals surface area (Å²) < 4.78 is 2.13. The summed E-state index contributed by atoms with van der Waals surface area (Å²) in [4.78, 5) is 0. The lowest BCUT2D eigenvalue weighted by Crippen LogP contribution is -2.16. The molecule has 3 N–H and O–H groups in total. The summed E-state index contributed by atoms with van der Waals surface area (Å²) in [6, 6.07) is 7.48. The number of nitrogens with two attached hydrogens (primary N) is 1. The number of nitrogens with zero attached hydrogens (tertiary/aromatic N) is 1. The largest absolute Gasteiger partial charge is 0.508 e. The van der Waals surface area contributed by atoms with E-state index in [0.717, 1.165) is 17.4 Å². The molecule has 0 radical (unpaired) electrons. The summed E-state index contributed by atoms with van der Waals surface area (Å²) in [7, 11) is 0. The first kappa shape index (κ1) is 10.1. The van der Waals surface area contributed by atoms with Crippen molar-refractivity contribution in [2.45, 2.75) is 13.5 Å². The van der Waals surface area contributed by atoms with Crippen molar-refractivity contribution in [3.05, 3.63) is 30.5 Å². The van der Waals surface area contributed by atoms with E-state index in [9.17, 15) is 5.11 Å². The Balaban J connectivity index is 2.39. The second kappa shape index (κ2) is 3.95. The Morgan fingerprint density at radius 2 is 2.20 bits per heavy atom. The quantitative estimate of drug-likeness (QED) is 0.802. The maximum absolute atomic E-state index is 9.43. The molecule has 0 saturated heterocycles. The lowest BCUT2D eigenvalue weighted by atomic mass is 10.2. The van der Waals surface area contributed by atoms with Gasteiger partial charge in [0.15, 0.2) is 0 Å². The van der Waals surface area contributed by atoms with E-state index in [0.29, 0.717) is 18.2 Å². The molecule has 1 aromatic heterocycles. The molecule has 0 aliphatic heterocycles. The molecule has 15 heavy (non-hydrogen) atoms. The summed E-state index contributed by atoms with van der Waals surface area (Å²) in [5.41, 5.74) is 6.66. The van der Waals surface area contributed by atoms with Gasteiger partial charge in [0.25, 0.3) is 0 Å². The number of benzene rings is 1. The van der Waals surface area contributed by atoms with Crippen molar-refractivity contribution in [1.29, 1.82) is 0 Å². The number of hydrogen-bond acceptors (Lipinski definition) is 2. The van der Waals surface area contributed by atoms with Crippen molar-refractivity contribution in [2.75, 3.05) is 6.54 Å². The Kier molecular flexibility index (Phi) is 2.64. The number of phenolic OH excluding ortho intramolecular Hbond substituents is 1. The Morgan fingerprint density at radius 3 is 2.93 bits per heavy atom. The molecule has 3 heteroatoms. The fourth-order valence-electron chi connectivity index (χ4n) is 1.74. The van der Waals surface area contributed by atoms with Gasteiger partial charge in [-0.05, 0) is 36.0 Å². The van der Waals surface area contributed by atoms with Crippen LogP contribution < -0.4 is 5.73 Å². The number of aromatic hydroxyl groups is 1. The zero-order valence-corrected chi connectivity index (χ0v) is 8.85. The standard InChI is InChI=1S/C12H16N2O/c1-9(7-13)8-14-5-4-10-2-3-11(15)6-12(10)14/h2-6,9,15H,7-8,13H2,1H3. The summed E-state index contributed by atoms with van der Waals surface area (Å²) in [5.74, 6) is 0.755. The molecule has 1 unspecified atom stereocenters. The predicted octanol–water partition coefficient (Wildman–Crippen LogP) is 1.94. The molecule has 2 aromatic rings. The monoisotopic (exact) mass is 204 g/mol. The molecule has 0 aliphatic rings. The van der Waals surface area contributed by atoms with Crippen LogP contribution in [-0.4, -0.2) is 16.2 Å². The average Bonchev–Trinajstić information content (AvgIpc) is 2.61. The third-order valence-electron chi connectivity index (χ3n) is 2.67. The van der Waals surface area contributed by atoms with Gasteiger partial charge in [-0.1, -0.05) is 6.92 Å². The Bertz CT molecular complexity index is 462. The van der Waals surface area contributed by atoms with Crippen LogP contribution in [0.1, 0.15) is 6.92 Å². The highest BCUT2D eigenvalue weighted by molar-refractivity contribution is 5.81. The third kappa shape index (κ3) is 1.97. The number of phenols is 1. The van der Waals surface area contributed by atoms with Crippen LogP contribution in [0.5, 0.6) is 5.75 Å². The molecule has 0 fully saturated rings. The van der Waals surface area contributed by atoms with Gasteiger partial charge in [-0.2, -0.15) is 0 Å². The van der Waals surface area contributed by atoms with Crippen molar-refractivity contribution in [2.24, 2.45) is 11.7 Å². The molecule has 0 saturated carbocycles. The van der Waals surface area contributed by atoms with E-state index in [4.69, 9.17) is 5.73 Å². The molecule has 3 nitrogen and oxygen atoms in total. The predicted molar refractivity (Wildman–Crippen MR) is 61.8 cm³/mol. The average molecular weight is 204 g/mol. The Labute approximate surface area is 89.1 Å². The third-order valence-corrected chi connectivity index (χ3v) is 2.67. The van der Waals surface area contributed by atoms with Crippen LogP contribution >= 0.6 is 0 Å². The SMILES string of the molecule is CC(CN)Cn1ccc2ccc(O)cc21. The normalized spacial score (nSPS) is 13.2. The highest BCUT2D eigenvalue weighted by atomic mass is 16.3. The first-order valence-corrected chi connectivity index (χ1v) is 5.18. The number of hydrogen-bond donors (Lipinski definition) is 2. The van der Waals surface area contributed by atoms with Gasteiger partial charge in [0.1, 0.15) is 5.75 Å². The second-order valence-corrected chi connectivity index (χ2v) is 4.05. The van der Waals surface area contributed by atoms with E-state index in [1.165, 1.54) is 0 Å². The van der Waals surface area contributed by atoms with Gasteiger partial charge < -0.3 is 15.4 Å². The van der Waals surface area contributed by atoms with Crippen molar-refractivity contribution >= 4 is 10.9 Å². The fourth-order valence-corrected chi connectivity index (χ4v) is 1.74. The minimum atomic E-state index is 0.308. The molecule has 80 valence electrons. The zero-order valence-electron chi connectivity index (χ0n) is 8.85. The molecule has 0 spiro atoms. The van der Waals surface area contributed by atoms with E-state index in [-0.39, 0.29) is 0 Å². The van der Waals surface area contributed by atoms with E-state index in [2.05, 4.69) is 17.6 Å². The summed E-state index contributed by atoms with van der Waals surface area (Å²) in [5, 5.41) is 10.6. The van der Waals surface area contributed by atoms with Gasteiger partial charge in [-0.25, -0.2) is 0 Å². The van der Waals surface area contributed by atoms with Crippen LogP contribution in [0.3, 0.4) is 0 Å². The van der Waals surface area contributed by atoms with Crippen LogP contribution in [0.15, 0.2) is 30.5 Å². The minimum Gasteiger partial charge on any atom is -0.508 e. The van der Waals surface area contributed by atoms with Crippen LogP contribution in [-0.2, 0) is 6.54 Å². The van der Waals surface area contributed by atoms with E-state index in [1.807, 2.05) is 12.3 Å². The summed E-state index contributed by atoms with van der Waals surface area (Å²) in [6.45, 7) is 3.69. The van der Waals surface area contributed by atoms with Crippen LogP contribution in [0.2, 0.25) is 0 Å². The minimum absolute atomic E-state index is 0.308. The second-order valence-electron chi connectivity index (χ2n) is 4.05. The highest BCUT2D eigenvalue weighted by Gasteiger charge is 2.05. The van der Waals surface area contributed by atoms with Gasteiger partial charge in [-0.15, -0.1) is 0 Å². The van der Waals surface area contributed by atoms with Gasteiger partial charge in [0, 0.05) is 18.8 Å².